The van der Waals surface area contributed by atoms with Gasteiger partial charge in [-0.05, 0) is 5.56 Å². The number of benzene rings is 1. The predicted molar refractivity (Wildman–Crippen MR) is 49.5 cm³/mol. The van der Waals surface area contributed by atoms with Gasteiger partial charge in [-0.3, -0.25) is 0 Å². The normalized spacial score (nSPS) is 11.0. The van der Waals surface area contributed by atoms with Crippen molar-refractivity contribution < 1.29 is 0 Å². The highest BCUT2D eigenvalue weighted by atomic mass is 14.4. The minimum atomic E-state index is -0.901. The Kier molecular flexibility index (Phi) is 3.25. The Labute approximate surface area is 82.4 Å². The van der Waals surface area contributed by atoms with Gasteiger partial charge >= 0.3 is 0 Å². The van der Waals surface area contributed by atoms with Gasteiger partial charge in [0.2, 0.25) is 0 Å². The first kappa shape index (κ1) is 9.78. The molecule has 66 valence electrons. The van der Waals surface area contributed by atoms with E-state index in [0.717, 1.165) is 0 Å². The quantitative estimate of drug-likeness (QED) is 0.700. The summed E-state index contributed by atoms with van der Waals surface area (Å²) in [6.45, 7) is 0. The summed E-state index contributed by atoms with van der Waals surface area (Å²) in [5, 5.41) is 26.2. The number of rotatable bonds is 2. The summed E-state index contributed by atoms with van der Waals surface area (Å²) in [4.78, 5) is 0. The zero-order valence-corrected chi connectivity index (χ0v) is 7.38. The monoisotopic (exact) mass is 181 g/mol. The zero-order valence-electron chi connectivity index (χ0n) is 7.38. The first-order chi connectivity index (χ1) is 6.83. The Balaban J connectivity index is 3.03. The molecule has 0 radical (unpaired) electrons. The molecule has 0 amide bonds. The molecular weight excluding hydrogens is 174 g/mol. The molecule has 0 bridgehead atoms. The van der Waals surface area contributed by atoms with Crippen LogP contribution in [0, 0.1) is 39.9 Å². The maximum absolute atomic E-state index is 8.86. The van der Waals surface area contributed by atoms with Crippen molar-refractivity contribution in [2.45, 2.75) is 5.92 Å². The second-order valence-electron chi connectivity index (χ2n) is 2.75. The molecule has 1 unspecified atom stereocenters. The van der Waals surface area contributed by atoms with Gasteiger partial charge in [0.15, 0.2) is 5.92 Å². The molecule has 0 aliphatic rings. The lowest BCUT2D eigenvalue weighted by molar-refractivity contribution is 0.745. The van der Waals surface area contributed by atoms with E-state index in [9.17, 15) is 0 Å². The van der Waals surface area contributed by atoms with E-state index in [0.29, 0.717) is 5.56 Å². The van der Waals surface area contributed by atoms with Crippen molar-refractivity contribution >= 4 is 0 Å². The minimum Gasteiger partial charge on any atom is -0.198 e. The van der Waals surface area contributed by atoms with E-state index >= 15 is 0 Å². The summed E-state index contributed by atoms with van der Waals surface area (Å²) in [6, 6.07) is 14.5. The van der Waals surface area contributed by atoms with Crippen molar-refractivity contribution in [1.29, 1.82) is 15.8 Å². The Bertz CT molecular complexity index is 403. The molecule has 3 nitrogen and oxygen atoms in total. The highest BCUT2D eigenvalue weighted by molar-refractivity contribution is 5.30. The third kappa shape index (κ3) is 1.89. The molecule has 3 heteroatoms. The molecule has 1 aromatic carbocycles. The Hall–Kier alpha value is -2.31. The fourth-order valence-electron chi connectivity index (χ4n) is 1.18. The van der Waals surface area contributed by atoms with E-state index in [1.165, 1.54) is 0 Å². The number of hydrogen-bond donors (Lipinski definition) is 0. The summed E-state index contributed by atoms with van der Waals surface area (Å²) < 4.78 is 0. The number of nitriles is 3. The highest BCUT2D eigenvalue weighted by Crippen LogP contribution is 2.22. The number of hydrogen-bond acceptors (Lipinski definition) is 3. The SMILES string of the molecule is N#CC(C#N)C(C#N)c1ccccc1. The lowest BCUT2D eigenvalue weighted by atomic mass is 9.89. The van der Waals surface area contributed by atoms with Gasteiger partial charge in [0.1, 0.15) is 5.92 Å². The van der Waals surface area contributed by atoms with Crippen LogP contribution in [0.3, 0.4) is 0 Å². The maximum atomic E-state index is 8.86. The Morgan fingerprint density at radius 3 is 1.86 bits per heavy atom. The topological polar surface area (TPSA) is 71.4 Å². The average Bonchev–Trinajstić information content (AvgIpc) is 2.27. The third-order valence-electron chi connectivity index (χ3n) is 1.91. The van der Waals surface area contributed by atoms with Gasteiger partial charge in [0.05, 0.1) is 18.2 Å². The molecule has 0 N–H and O–H groups in total. The number of nitrogens with zero attached hydrogens (tertiary/aromatic N) is 3. The van der Waals surface area contributed by atoms with Crippen LogP contribution in [0.2, 0.25) is 0 Å². The molecular formula is C11H7N3. The Morgan fingerprint density at radius 2 is 1.43 bits per heavy atom. The van der Waals surface area contributed by atoms with Crippen LogP contribution in [0.4, 0.5) is 0 Å². The average molecular weight is 181 g/mol. The van der Waals surface area contributed by atoms with E-state index in [2.05, 4.69) is 0 Å². The summed E-state index contributed by atoms with van der Waals surface area (Å²) in [5.74, 6) is -1.56. The molecule has 0 aromatic heterocycles. The van der Waals surface area contributed by atoms with Gasteiger partial charge in [0, 0.05) is 0 Å². The maximum Gasteiger partial charge on any atom is 0.153 e. The summed E-state index contributed by atoms with van der Waals surface area (Å²) in [5.41, 5.74) is 0.711. The van der Waals surface area contributed by atoms with Gasteiger partial charge < -0.3 is 0 Å². The molecule has 0 saturated heterocycles. The smallest absolute Gasteiger partial charge is 0.153 e. The molecule has 0 aliphatic carbocycles. The molecule has 0 spiro atoms. The van der Waals surface area contributed by atoms with Crippen molar-refractivity contribution in [2.75, 3.05) is 0 Å². The van der Waals surface area contributed by atoms with Crippen LogP contribution in [0.15, 0.2) is 30.3 Å². The van der Waals surface area contributed by atoms with Crippen LogP contribution in [0.5, 0.6) is 0 Å². The molecule has 1 rings (SSSR count). The van der Waals surface area contributed by atoms with Crippen molar-refractivity contribution in [3.63, 3.8) is 0 Å². The largest absolute Gasteiger partial charge is 0.198 e. The summed E-state index contributed by atoms with van der Waals surface area (Å²) >= 11 is 0. The lowest BCUT2D eigenvalue weighted by Crippen LogP contribution is -2.07. The van der Waals surface area contributed by atoms with Crippen LogP contribution >= 0.6 is 0 Å². The minimum absolute atomic E-state index is 0.661. The van der Waals surface area contributed by atoms with Gasteiger partial charge in [0.25, 0.3) is 0 Å². The van der Waals surface area contributed by atoms with Gasteiger partial charge in [-0.1, -0.05) is 30.3 Å². The second kappa shape index (κ2) is 4.65. The zero-order chi connectivity index (χ0) is 10.4. The molecule has 0 aliphatic heterocycles. The predicted octanol–water partition coefficient (Wildman–Crippen LogP) is 1.96. The van der Waals surface area contributed by atoms with Crippen LogP contribution in [-0.4, -0.2) is 0 Å². The van der Waals surface area contributed by atoms with Crippen LogP contribution in [-0.2, 0) is 0 Å². The fourth-order valence-corrected chi connectivity index (χ4v) is 1.18. The Morgan fingerprint density at radius 1 is 0.857 bits per heavy atom. The van der Waals surface area contributed by atoms with E-state index < -0.39 is 11.8 Å². The van der Waals surface area contributed by atoms with E-state index in [-0.39, 0.29) is 0 Å². The first-order valence-corrected chi connectivity index (χ1v) is 4.07. The fraction of sp³-hybridized carbons (Fsp3) is 0.182. The van der Waals surface area contributed by atoms with Gasteiger partial charge in [-0.15, -0.1) is 0 Å². The van der Waals surface area contributed by atoms with Crippen molar-refractivity contribution in [1.82, 2.24) is 0 Å². The third-order valence-corrected chi connectivity index (χ3v) is 1.91. The van der Waals surface area contributed by atoms with Crippen molar-refractivity contribution in [3.8, 4) is 18.2 Å². The molecule has 0 fully saturated rings. The van der Waals surface area contributed by atoms with Crippen LogP contribution in [0.1, 0.15) is 11.5 Å². The van der Waals surface area contributed by atoms with E-state index in [1.807, 2.05) is 24.3 Å². The summed E-state index contributed by atoms with van der Waals surface area (Å²) in [7, 11) is 0. The lowest BCUT2D eigenvalue weighted by Gasteiger charge is -2.08. The van der Waals surface area contributed by atoms with Gasteiger partial charge in [-0.25, -0.2) is 0 Å². The second-order valence-corrected chi connectivity index (χ2v) is 2.75. The highest BCUT2D eigenvalue weighted by Gasteiger charge is 2.21. The van der Waals surface area contributed by atoms with E-state index in [1.54, 1.807) is 24.3 Å². The van der Waals surface area contributed by atoms with Crippen LogP contribution < -0.4 is 0 Å². The van der Waals surface area contributed by atoms with Crippen LogP contribution in [0.25, 0.3) is 0 Å². The summed E-state index contributed by atoms with van der Waals surface area (Å²) in [6.07, 6.45) is 0. The first-order valence-electron chi connectivity index (χ1n) is 4.07. The molecule has 14 heavy (non-hydrogen) atoms. The van der Waals surface area contributed by atoms with Crippen molar-refractivity contribution in [3.05, 3.63) is 35.9 Å². The molecule has 1 atom stereocenters. The van der Waals surface area contributed by atoms with E-state index in [4.69, 9.17) is 15.8 Å². The standard InChI is InChI=1S/C11H7N3/c12-6-10(7-13)11(8-14)9-4-2-1-3-5-9/h1-5,10-11H. The van der Waals surface area contributed by atoms with Gasteiger partial charge in [-0.2, -0.15) is 15.8 Å². The van der Waals surface area contributed by atoms with Crippen molar-refractivity contribution in [2.24, 2.45) is 5.92 Å². The molecule has 0 saturated carbocycles. The molecule has 1 aromatic rings. The molecule has 0 heterocycles.